The predicted octanol–water partition coefficient (Wildman–Crippen LogP) is 7.75. The molecule has 0 fully saturated rings. The molecule has 2 heterocycles. The molecule has 146 valence electrons. The van der Waals surface area contributed by atoms with Gasteiger partial charge >= 0.3 is 0 Å². The Hall–Kier alpha value is -2.42. The largest absolute Gasteiger partial charge is 0.480 e. The molecule has 2 aliphatic heterocycles. The minimum absolute atomic E-state index is 0.0994. The summed E-state index contributed by atoms with van der Waals surface area (Å²) in [6.45, 7) is 6.54. The maximum atomic E-state index is 6.55. The van der Waals surface area contributed by atoms with E-state index < -0.39 is 0 Å². The lowest BCUT2D eigenvalue weighted by atomic mass is 9.80. The number of hydrogen-bond acceptors (Lipinski definition) is 2. The molecule has 0 saturated heterocycles. The topological polar surface area (TPSA) is 21.3 Å². The van der Waals surface area contributed by atoms with Crippen molar-refractivity contribution >= 4 is 34.5 Å². The Morgan fingerprint density at radius 2 is 1.62 bits per heavy atom. The number of hydrogen-bond donors (Lipinski definition) is 1. The molecule has 0 saturated carbocycles. The van der Waals surface area contributed by atoms with Crippen LogP contribution in [0.3, 0.4) is 0 Å². The summed E-state index contributed by atoms with van der Waals surface area (Å²) in [5, 5.41) is 5.07. The maximum Gasteiger partial charge on any atom is 0.150 e. The van der Waals surface area contributed by atoms with E-state index in [0.717, 1.165) is 33.7 Å². The monoisotopic (exact) mass is 421 g/mol. The van der Waals surface area contributed by atoms with Gasteiger partial charge in [0.05, 0.1) is 5.54 Å². The van der Waals surface area contributed by atoms with Crippen molar-refractivity contribution in [3.8, 4) is 16.9 Å². The van der Waals surface area contributed by atoms with Crippen molar-refractivity contribution in [1.82, 2.24) is 0 Å². The first kappa shape index (κ1) is 18.6. The Kier molecular flexibility index (Phi) is 4.20. The lowest BCUT2D eigenvalue weighted by Crippen LogP contribution is -2.32. The van der Waals surface area contributed by atoms with E-state index in [4.69, 9.17) is 27.9 Å². The highest BCUT2D eigenvalue weighted by molar-refractivity contribution is 6.31. The van der Waals surface area contributed by atoms with Crippen LogP contribution < -0.4 is 10.1 Å². The van der Waals surface area contributed by atoms with Gasteiger partial charge in [-0.05, 0) is 73.9 Å². The number of rotatable bonds is 1. The third kappa shape index (κ3) is 3.11. The van der Waals surface area contributed by atoms with Crippen molar-refractivity contribution in [3.63, 3.8) is 0 Å². The molecule has 2 nitrogen and oxygen atoms in total. The summed E-state index contributed by atoms with van der Waals surface area (Å²) in [5.41, 5.74) is 7.89. The van der Waals surface area contributed by atoms with Crippen LogP contribution in [-0.2, 0) is 0 Å². The highest BCUT2D eigenvalue weighted by Gasteiger charge is 2.34. The average molecular weight is 422 g/mol. The number of fused-ring (bicyclic) bond motifs is 5. The van der Waals surface area contributed by atoms with Crippen LogP contribution in [0.4, 0.5) is 5.69 Å². The predicted molar refractivity (Wildman–Crippen MR) is 122 cm³/mol. The fraction of sp³-hybridized carbons (Fsp3) is 0.200. The Morgan fingerprint density at radius 1 is 0.897 bits per heavy atom. The number of ether oxygens (including phenoxy) is 1. The Morgan fingerprint density at radius 3 is 2.38 bits per heavy atom. The van der Waals surface area contributed by atoms with Crippen molar-refractivity contribution < 1.29 is 4.74 Å². The fourth-order valence-electron chi connectivity index (χ4n) is 4.53. The molecule has 0 amide bonds. The van der Waals surface area contributed by atoms with Crippen LogP contribution in [0.15, 0.2) is 60.7 Å². The summed E-state index contributed by atoms with van der Waals surface area (Å²) in [5.74, 6) is 0.840. The Bertz CT molecular complexity index is 1160. The highest BCUT2D eigenvalue weighted by atomic mass is 35.5. The van der Waals surface area contributed by atoms with Crippen LogP contribution >= 0.6 is 23.2 Å². The summed E-state index contributed by atoms with van der Waals surface area (Å²) >= 11 is 12.5. The smallest absolute Gasteiger partial charge is 0.150 e. The van der Waals surface area contributed by atoms with E-state index >= 15 is 0 Å². The molecule has 1 N–H and O–H groups in total. The zero-order valence-electron chi connectivity index (χ0n) is 16.5. The summed E-state index contributed by atoms with van der Waals surface area (Å²) in [4.78, 5) is 0. The standard InChI is InChI=1S/C25H21Cl2NO/c1-14-13-25(2,3)28-20-10-9-18-19-12-17(27)8-11-21(19)29-24(23(18)22(14)20)15-4-6-16(26)7-5-15/h4-13,24,28H,1-3H3/t24-/m0/s1. The number of halogens is 2. The van der Waals surface area contributed by atoms with Gasteiger partial charge in [0.2, 0.25) is 0 Å². The van der Waals surface area contributed by atoms with E-state index in [1.807, 2.05) is 42.5 Å². The molecule has 0 aromatic heterocycles. The zero-order valence-corrected chi connectivity index (χ0v) is 18.0. The first-order chi connectivity index (χ1) is 13.8. The van der Waals surface area contributed by atoms with E-state index in [-0.39, 0.29) is 11.6 Å². The van der Waals surface area contributed by atoms with Gasteiger partial charge in [0, 0.05) is 32.4 Å². The molecule has 29 heavy (non-hydrogen) atoms. The van der Waals surface area contributed by atoms with Crippen LogP contribution in [0.25, 0.3) is 16.7 Å². The van der Waals surface area contributed by atoms with Gasteiger partial charge in [0.15, 0.2) is 6.10 Å². The minimum atomic E-state index is -0.225. The van der Waals surface area contributed by atoms with Gasteiger partial charge in [-0.15, -0.1) is 0 Å². The van der Waals surface area contributed by atoms with Gasteiger partial charge in [0.1, 0.15) is 5.75 Å². The van der Waals surface area contributed by atoms with E-state index in [9.17, 15) is 0 Å². The zero-order chi connectivity index (χ0) is 20.3. The van der Waals surface area contributed by atoms with Crippen molar-refractivity contribution in [1.29, 1.82) is 0 Å². The van der Waals surface area contributed by atoms with E-state index in [1.54, 1.807) is 0 Å². The number of nitrogens with one attached hydrogen (secondary N) is 1. The molecule has 5 rings (SSSR count). The molecule has 0 aliphatic carbocycles. The van der Waals surface area contributed by atoms with Crippen molar-refractivity contribution in [2.45, 2.75) is 32.4 Å². The van der Waals surface area contributed by atoms with Gasteiger partial charge in [-0.1, -0.05) is 47.5 Å². The van der Waals surface area contributed by atoms with Crippen molar-refractivity contribution in [2.24, 2.45) is 0 Å². The molecule has 3 aromatic carbocycles. The molecular formula is C25H21Cl2NO. The van der Waals surface area contributed by atoms with E-state index in [1.165, 1.54) is 11.1 Å². The van der Waals surface area contributed by atoms with Crippen LogP contribution in [0.1, 0.15) is 43.6 Å². The summed E-state index contributed by atoms with van der Waals surface area (Å²) < 4.78 is 6.55. The molecule has 4 heteroatoms. The quantitative estimate of drug-likeness (QED) is 0.433. The minimum Gasteiger partial charge on any atom is -0.480 e. The van der Waals surface area contributed by atoms with Crippen molar-refractivity contribution in [2.75, 3.05) is 5.32 Å². The first-order valence-corrected chi connectivity index (χ1v) is 10.4. The second-order valence-electron chi connectivity index (χ2n) is 8.31. The lowest BCUT2D eigenvalue weighted by molar-refractivity contribution is 0.243. The highest BCUT2D eigenvalue weighted by Crippen LogP contribution is 2.51. The third-order valence-electron chi connectivity index (χ3n) is 5.59. The van der Waals surface area contributed by atoms with Crippen LogP contribution in [0.5, 0.6) is 5.75 Å². The maximum absolute atomic E-state index is 6.55. The Balaban J connectivity index is 1.81. The number of benzene rings is 3. The Labute approximate surface area is 181 Å². The first-order valence-electron chi connectivity index (χ1n) is 9.69. The lowest BCUT2D eigenvalue weighted by Gasteiger charge is -2.37. The molecule has 0 radical (unpaired) electrons. The van der Waals surface area contributed by atoms with Crippen LogP contribution in [0, 0.1) is 0 Å². The second kappa shape index (κ2) is 6.55. The normalized spacial score (nSPS) is 18.5. The second-order valence-corrected chi connectivity index (χ2v) is 9.19. The van der Waals surface area contributed by atoms with Gasteiger partial charge in [-0.2, -0.15) is 0 Å². The third-order valence-corrected chi connectivity index (χ3v) is 6.07. The summed E-state index contributed by atoms with van der Waals surface area (Å²) in [7, 11) is 0. The van der Waals surface area contributed by atoms with Gasteiger partial charge < -0.3 is 10.1 Å². The van der Waals surface area contributed by atoms with Gasteiger partial charge in [-0.3, -0.25) is 0 Å². The van der Waals surface area contributed by atoms with Crippen molar-refractivity contribution in [3.05, 3.63) is 87.4 Å². The van der Waals surface area contributed by atoms with Crippen LogP contribution in [-0.4, -0.2) is 5.54 Å². The fourth-order valence-corrected chi connectivity index (χ4v) is 4.82. The number of allylic oxidation sites excluding steroid dienone is 1. The van der Waals surface area contributed by atoms with E-state index in [2.05, 4.69) is 44.3 Å². The summed E-state index contributed by atoms with van der Waals surface area (Å²) in [6, 6.07) is 18.1. The van der Waals surface area contributed by atoms with Gasteiger partial charge in [0.25, 0.3) is 0 Å². The SMILES string of the molecule is CC1=CC(C)(C)Nc2ccc3c(c21)[C@H](c1ccc(Cl)cc1)Oc1ccc(Cl)cc1-3. The summed E-state index contributed by atoms with van der Waals surface area (Å²) in [6.07, 6.45) is 2.06. The average Bonchev–Trinajstić information content (AvgIpc) is 2.66. The molecular weight excluding hydrogens is 401 g/mol. The number of anilines is 1. The molecule has 3 aromatic rings. The molecule has 0 spiro atoms. The molecule has 1 atom stereocenters. The van der Waals surface area contributed by atoms with E-state index in [0.29, 0.717) is 10.0 Å². The molecule has 2 aliphatic rings. The molecule has 0 bridgehead atoms. The van der Waals surface area contributed by atoms with Gasteiger partial charge in [-0.25, -0.2) is 0 Å². The van der Waals surface area contributed by atoms with Crippen LogP contribution in [0.2, 0.25) is 10.0 Å². The molecule has 0 unspecified atom stereocenters.